The monoisotopic (exact) mass is 562 g/mol. The molecule has 7 aromatic rings. The zero-order chi connectivity index (χ0) is 29.8. The minimum absolute atomic E-state index is 0.750. The van der Waals surface area contributed by atoms with Crippen molar-refractivity contribution >= 4 is 21.8 Å². The molecule has 3 aromatic heterocycles. The molecule has 0 radical (unpaired) electrons. The van der Waals surface area contributed by atoms with E-state index in [1.54, 1.807) is 0 Å². The third-order valence-corrected chi connectivity index (χ3v) is 8.96. The lowest BCUT2D eigenvalue weighted by molar-refractivity contribution is 0.483. The first-order chi connectivity index (χ1) is 20.8. The number of aromatic nitrogens is 4. The zero-order valence-electron chi connectivity index (χ0n) is 25.4. The third kappa shape index (κ3) is 4.49. The highest BCUT2D eigenvalue weighted by molar-refractivity contribution is 6.09. The van der Waals surface area contributed by atoms with Gasteiger partial charge in [0.1, 0.15) is 17.3 Å². The summed E-state index contributed by atoms with van der Waals surface area (Å²) in [6.07, 6.45) is 5.94. The van der Waals surface area contributed by atoms with E-state index in [0.29, 0.717) is 0 Å². The Morgan fingerprint density at radius 1 is 0.628 bits per heavy atom. The van der Waals surface area contributed by atoms with Crippen LogP contribution in [0.15, 0.2) is 97.5 Å². The van der Waals surface area contributed by atoms with E-state index in [1.807, 2.05) is 47.4 Å². The summed E-state index contributed by atoms with van der Waals surface area (Å²) in [5.41, 5.74) is 13.3. The van der Waals surface area contributed by atoms with Gasteiger partial charge in [-0.3, -0.25) is 4.57 Å². The second kappa shape index (κ2) is 10.3. The van der Waals surface area contributed by atoms with E-state index in [-0.39, 0.29) is 0 Å². The standard InChI is InChI=1S/C38H34N4O/c1-23-16-17-39-37(18-23)42-35-13-8-7-12-33(35)34-15-14-32(20-36(34)42)43-31-11-9-10-30(19-31)41-22-29(21-40-41)38-27(5)25(3)24(2)26(4)28(38)6/h7-22H,1-6H3. The minimum atomic E-state index is 0.750. The first-order valence-electron chi connectivity index (χ1n) is 14.7. The van der Waals surface area contributed by atoms with Gasteiger partial charge in [-0.25, -0.2) is 9.67 Å². The van der Waals surface area contributed by atoms with Crippen molar-refractivity contribution in [3.63, 3.8) is 0 Å². The number of hydrogen-bond donors (Lipinski definition) is 0. The van der Waals surface area contributed by atoms with Gasteiger partial charge in [0.25, 0.3) is 0 Å². The molecule has 0 bridgehead atoms. The maximum Gasteiger partial charge on any atom is 0.137 e. The molecule has 5 nitrogen and oxygen atoms in total. The number of ether oxygens (including phenoxy) is 1. The predicted octanol–water partition coefficient (Wildman–Crippen LogP) is 9.67. The number of benzene rings is 4. The molecule has 43 heavy (non-hydrogen) atoms. The van der Waals surface area contributed by atoms with Crippen molar-refractivity contribution in [3.05, 3.63) is 131 Å². The fourth-order valence-corrected chi connectivity index (χ4v) is 6.25. The predicted molar refractivity (Wildman–Crippen MR) is 176 cm³/mol. The molecule has 0 fully saturated rings. The highest BCUT2D eigenvalue weighted by Gasteiger charge is 2.17. The molecular weight excluding hydrogens is 528 g/mol. The smallest absolute Gasteiger partial charge is 0.137 e. The summed E-state index contributed by atoms with van der Waals surface area (Å²) in [5.74, 6) is 2.41. The molecule has 0 saturated heterocycles. The summed E-state index contributed by atoms with van der Waals surface area (Å²) in [6, 6.07) is 26.9. The van der Waals surface area contributed by atoms with E-state index >= 15 is 0 Å². The molecule has 0 atom stereocenters. The van der Waals surface area contributed by atoms with Crippen LogP contribution in [0.2, 0.25) is 0 Å². The van der Waals surface area contributed by atoms with Crippen LogP contribution in [0.3, 0.4) is 0 Å². The minimum Gasteiger partial charge on any atom is -0.457 e. The van der Waals surface area contributed by atoms with Gasteiger partial charge < -0.3 is 4.74 Å². The molecule has 0 unspecified atom stereocenters. The second-order valence-corrected chi connectivity index (χ2v) is 11.5. The van der Waals surface area contributed by atoms with Crippen LogP contribution < -0.4 is 4.74 Å². The number of nitrogens with zero attached hydrogens (tertiary/aromatic N) is 4. The van der Waals surface area contributed by atoms with E-state index < -0.39 is 0 Å². The lowest BCUT2D eigenvalue weighted by Gasteiger charge is -2.17. The summed E-state index contributed by atoms with van der Waals surface area (Å²) < 4.78 is 10.6. The Bertz CT molecular complexity index is 2150. The largest absolute Gasteiger partial charge is 0.457 e. The van der Waals surface area contributed by atoms with Crippen LogP contribution in [0.25, 0.3) is 44.4 Å². The van der Waals surface area contributed by atoms with Crippen LogP contribution in [0, 0.1) is 41.5 Å². The maximum atomic E-state index is 6.46. The number of hydrogen-bond acceptors (Lipinski definition) is 3. The molecule has 3 heterocycles. The highest BCUT2D eigenvalue weighted by Crippen LogP contribution is 2.36. The van der Waals surface area contributed by atoms with Gasteiger partial charge in [0, 0.05) is 40.9 Å². The quantitative estimate of drug-likeness (QED) is 0.210. The summed E-state index contributed by atoms with van der Waals surface area (Å²) >= 11 is 0. The molecule has 212 valence electrons. The molecule has 0 aliphatic heterocycles. The van der Waals surface area contributed by atoms with Crippen LogP contribution in [-0.4, -0.2) is 19.3 Å². The number of fused-ring (bicyclic) bond motifs is 3. The van der Waals surface area contributed by atoms with Gasteiger partial charge >= 0.3 is 0 Å². The Hall–Kier alpha value is -5.16. The lowest BCUT2D eigenvalue weighted by Crippen LogP contribution is -1.99. The first kappa shape index (κ1) is 26.7. The number of para-hydroxylation sites is 1. The SMILES string of the molecule is Cc1ccnc(-n2c3ccccc3c3ccc(Oc4cccc(-n5cc(-c6c(C)c(C)c(C)c(C)c6C)cn5)c4)cc32)c1. The topological polar surface area (TPSA) is 44.9 Å². The maximum absolute atomic E-state index is 6.46. The average Bonchev–Trinajstić information content (AvgIpc) is 3.62. The fraction of sp³-hybridized carbons (Fsp3) is 0.158. The van der Waals surface area contributed by atoms with Gasteiger partial charge in [-0.1, -0.05) is 24.3 Å². The van der Waals surface area contributed by atoms with Gasteiger partial charge in [0.2, 0.25) is 0 Å². The van der Waals surface area contributed by atoms with Crippen LogP contribution in [0.5, 0.6) is 11.5 Å². The molecule has 5 heteroatoms. The van der Waals surface area contributed by atoms with Crippen LogP contribution >= 0.6 is 0 Å². The van der Waals surface area contributed by atoms with Crippen molar-refractivity contribution in [3.8, 4) is 34.1 Å². The van der Waals surface area contributed by atoms with Crippen molar-refractivity contribution in [1.29, 1.82) is 0 Å². The molecule has 0 N–H and O–H groups in total. The van der Waals surface area contributed by atoms with Crippen molar-refractivity contribution in [2.75, 3.05) is 0 Å². The Balaban J connectivity index is 1.25. The van der Waals surface area contributed by atoms with Gasteiger partial charge in [-0.05, 0) is 123 Å². The first-order valence-corrected chi connectivity index (χ1v) is 14.7. The van der Waals surface area contributed by atoms with Gasteiger partial charge in [-0.2, -0.15) is 5.10 Å². The van der Waals surface area contributed by atoms with Crippen molar-refractivity contribution in [2.24, 2.45) is 0 Å². The summed E-state index contributed by atoms with van der Waals surface area (Å²) in [7, 11) is 0. The molecule has 0 amide bonds. The molecule has 0 aliphatic rings. The average molecular weight is 563 g/mol. The molecule has 4 aromatic carbocycles. The zero-order valence-corrected chi connectivity index (χ0v) is 25.4. The Morgan fingerprint density at radius 2 is 1.35 bits per heavy atom. The summed E-state index contributed by atoms with van der Waals surface area (Å²) in [4.78, 5) is 4.70. The number of pyridine rings is 1. The van der Waals surface area contributed by atoms with Gasteiger partial charge in [0.05, 0.1) is 22.9 Å². The molecule has 0 saturated carbocycles. The normalized spacial score (nSPS) is 11.5. The molecule has 7 rings (SSSR count). The van der Waals surface area contributed by atoms with E-state index in [0.717, 1.165) is 45.0 Å². The summed E-state index contributed by atoms with van der Waals surface area (Å²) in [6.45, 7) is 13.1. The van der Waals surface area contributed by atoms with Crippen molar-refractivity contribution in [1.82, 2.24) is 19.3 Å². The number of rotatable bonds is 5. The van der Waals surface area contributed by atoms with Crippen LogP contribution in [-0.2, 0) is 0 Å². The van der Waals surface area contributed by atoms with Crippen molar-refractivity contribution in [2.45, 2.75) is 41.5 Å². The molecule has 0 aliphatic carbocycles. The second-order valence-electron chi connectivity index (χ2n) is 11.5. The fourth-order valence-electron chi connectivity index (χ4n) is 6.25. The Labute approximate surface area is 252 Å². The third-order valence-electron chi connectivity index (χ3n) is 8.96. The number of aryl methyl sites for hydroxylation is 1. The molecule has 0 spiro atoms. The van der Waals surface area contributed by atoms with Crippen LogP contribution in [0.1, 0.15) is 33.4 Å². The van der Waals surface area contributed by atoms with Crippen LogP contribution in [0.4, 0.5) is 0 Å². The van der Waals surface area contributed by atoms with E-state index in [4.69, 9.17) is 14.8 Å². The van der Waals surface area contributed by atoms with Gasteiger partial charge in [0.15, 0.2) is 0 Å². The van der Waals surface area contributed by atoms with Crippen molar-refractivity contribution < 1.29 is 4.74 Å². The van der Waals surface area contributed by atoms with E-state index in [1.165, 1.54) is 44.3 Å². The van der Waals surface area contributed by atoms with Gasteiger partial charge in [-0.15, -0.1) is 0 Å². The van der Waals surface area contributed by atoms with E-state index in [2.05, 4.69) is 101 Å². The Morgan fingerprint density at radius 3 is 2.14 bits per heavy atom. The Kier molecular flexibility index (Phi) is 6.39. The summed E-state index contributed by atoms with van der Waals surface area (Å²) in [5, 5.41) is 7.09. The lowest BCUT2D eigenvalue weighted by atomic mass is 9.87. The van der Waals surface area contributed by atoms with E-state index in [9.17, 15) is 0 Å². The highest BCUT2D eigenvalue weighted by atomic mass is 16.5. The molecular formula is C38H34N4O.